The van der Waals surface area contributed by atoms with Crippen LogP contribution in [-0.2, 0) is 58.8 Å². The second kappa shape index (κ2) is 3.57. The summed E-state index contributed by atoms with van der Waals surface area (Å²) in [6.07, 6.45) is 0. The van der Waals surface area contributed by atoms with Crippen LogP contribution in [0.3, 0.4) is 0 Å². The minimum Gasteiger partial charge on any atom is -0.0465 e. The van der Waals surface area contributed by atoms with Crippen molar-refractivity contribution in [2.45, 2.75) is 0 Å². The third kappa shape index (κ3) is 3.76. The first-order valence-corrected chi connectivity index (χ1v) is 8.37. The molecule has 6 heavy (non-hydrogen) atoms. The fourth-order valence-corrected chi connectivity index (χ4v) is 0. The fourth-order valence-electron chi connectivity index (χ4n) is 0. The van der Waals surface area contributed by atoms with Crippen LogP contribution >= 0.6 is 0 Å². The topological polar surface area (TPSA) is 0 Å². The molecule has 0 atom stereocenters. The van der Waals surface area contributed by atoms with E-state index in [0.29, 0.717) is 0 Å². The van der Waals surface area contributed by atoms with E-state index < -0.39 is 14.1 Å². The third-order valence-corrected chi connectivity index (χ3v) is 10.8. The number of hydrogen-bond donors (Lipinski definition) is 2. The molecular formula is H2S6. The average molecular weight is 194 g/mol. The van der Waals surface area contributed by atoms with Crippen molar-refractivity contribution in [3.05, 3.63) is 0 Å². The van der Waals surface area contributed by atoms with E-state index in [1.165, 1.54) is 0 Å². The van der Waals surface area contributed by atoms with Crippen LogP contribution < -0.4 is 0 Å². The van der Waals surface area contributed by atoms with E-state index >= 15 is 0 Å². The van der Waals surface area contributed by atoms with Crippen molar-refractivity contribution in [2.75, 3.05) is 0 Å². The normalized spacial score (nSPS) is 10.3. The zero-order chi connectivity index (χ0) is 5.15. The zero-order valence-corrected chi connectivity index (χ0v) is 7.58. The van der Waals surface area contributed by atoms with E-state index in [2.05, 4.69) is 44.8 Å². The Labute approximate surface area is 58.4 Å². The molecule has 0 saturated carbocycles. The van der Waals surface area contributed by atoms with Gasteiger partial charge in [0, 0.05) is 0 Å². The number of rotatable bonds is 1. The van der Waals surface area contributed by atoms with Gasteiger partial charge >= 0.3 is 0 Å². The van der Waals surface area contributed by atoms with Gasteiger partial charge in [0.05, 0.1) is 0 Å². The standard InChI is InChI=1S/H2S6/c1-5(2)6(3)4/h5-6H. The molecule has 0 aromatic rings. The van der Waals surface area contributed by atoms with Crippen molar-refractivity contribution < 1.29 is 0 Å². The molecule has 0 rings (SSSR count). The average Bonchev–Trinajstić information content (AvgIpc) is 1.36. The highest BCUT2D eigenvalue weighted by molar-refractivity contribution is 8.99. The van der Waals surface area contributed by atoms with E-state index in [0.717, 1.165) is 0 Å². The van der Waals surface area contributed by atoms with Crippen LogP contribution in [-0.4, -0.2) is 0 Å². The Morgan fingerprint density at radius 2 is 0.833 bits per heavy atom. The molecule has 0 aliphatic heterocycles. The Bertz CT molecular complexity index is 117. The van der Waals surface area contributed by atoms with Crippen LogP contribution in [0.25, 0.3) is 0 Å². The maximum Gasteiger partial charge on any atom is -0.0391 e. The Balaban J connectivity index is 4.38. The highest BCUT2D eigenvalue weighted by Crippen LogP contribution is 1.62. The maximum atomic E-state index is 4.60. The first-order valence-electron chi connectivity index (χ1n) is 0.930. The molecule has 0 fully saturated rings. The lowest BCUT2D eigenvalue weighted by atomic mass is 30.4. The lowest BCUT2D eigenvalue weighted by Gasteiger charge is -1.66. The minimum atomic E-state index is -0.798. The fraction of sp³-hybridized carbons (Fsp3) is 0. The molecule has 0 spiro atoms. The molecule has 0 aliphatic carbocycles. The second-order valence-electron chi connectivity index (χ2n) is 0.476. The molecule has 0 bridgehead atoms. The summed E-state index contributed by atoms with van der Waals surface area (Å²) in [5.74, 6) is 0. The van der Waals surface area contributed by atoms with Gasteiger partial charge in [0.25, 0.3) is 0 Å². The molecule has 0 radical (unpaired) electrons. The van der Waals surface area contributed by atoms with Gasteiger partial charge in [-0.25, -0.2) is 0 Å². The Morgan fingerprint density at radius 3 is 0.833 bits per heavy atom. The summed E-state index contributed by atoms with van der Waals surface area (Å²) < 4.78 is 0. The van der Waals surface area contributed by atoms with E-state index in [1.54, 1.807) is 0 Å². The largest absolute Gasteiger partial charge is 0.0465 e. The number of hydrogen-bond acceptors (Lipinski definition) is 4. The van der Waals surface area contributed by atoms with Crippen LogP contribution in [0.2, 0.25) is 0 Å². The first kappa shape index (κ1) is 7.58. The van der Waals surface area contributed by atoms with Gasteiger partial charge in [-0.1, -0.05) is 0 Å². The van der Waals surface area contributed by atoms with Crippen LogP contribution in [0.1, 0.15) is 0 Å². The van der Waals surface area contributed by atoms with E-state index in [-0.39, 0.29) is 0 Å². The molecule has 0 unspecified atom stereocenters. The van der Waals surface area contributed by atoms with E-state index in [4.69, 9.17) is 0 Å². The van der Waals surface area contributed by atoms with Crippen LogP contribution in [0.15, 0.2) is 0 Å². The molecule has 0 saturated heterocycles. The molecule has 0 nitrogen and oxygen atoms in total. The molecule has 0 aromatic carbocycles. The van der Waals surface area contributed by atoms with Crippen LogP contribution in [0.5, 0.6) is 0 Å². The molecule has 0 N–H and O–H groups in total. The summed E-state index contributed by atoms with van der Waals surface area (Å²) in [6, 6.07) is 0. The van der Waals surface area contributed by atoms with Crippen molar-refractivity contribution in [3.8, 4) is 0 Å². The summed E-state index contributed by atoms with van der Waals surface area (Å²) >= 11 is 18.4. The predicted molar refractivity (Wildman–Crippen MR) is 47.0 cm³/mol. The summed E-state index contributed by atoms with van der Waals surface area (Å²) in [5.41, 5.74) is 0. The Morgan fingerprint density at radius 1 is 0.667 bits per heavy atom. The minimum absolute atomic E-state index is 0.798. The van der Waals surface area contributed by atoms with Gasteiger partial charge in [-0.3, -0.25) is 0 Å². The van der Waals surface area contributed by atoms with Gasteiger partial charge in [0.15, 0.2) is 0 Å². The maximum absolute atomic E-state index is 4.60. The predicted octanol–water partition coefficient (Wildman–Crippen LogP) is -0.550. The van der Waals surface area contributed by atoms with Crippen molar-refractivity contribution >= 4 is 58.8 Å². The van der Waals surface area contributed by atoms with Crippen molar-refractivity contribution in [1.29, 1.82) is 0 Å². The summed E-state index contributed by atoms with van der Waals surface area (Å²) in [6.45, 7) is 0. The summed E-state index contributed by atoms with van der Waals surface area (Å²) in [7, 11) is -1.60. The molecular weight excluding hydrogens is 192 g/mol. The van der Waals surface area contributed by atoms with Gasteiger partial charge in [-0.05, 0) is 58.8 Å². The zero-order valence-electron chi connectivity index (χ0n) is 2.53. The lowest BCUT2D eigenvalue weighted by molar-refractivity contribution is 5.75. The van der Waals surface area contributed by atoms with Gasteiger partial charge in [-0.2, -0.15) is 0 Å². The molecule has 0 aliphatic rings. The Hall–Kier alpha value is 1.58. The molecule has 0 amide bonds. The first-order chi connectivity index (χ1) is 2.64. The number of thiol groups is 2. The summed E-state index contributed by atoms with van der Waals surface area (Å²) in [5, 5.41) is 0. The molecule has 6 heteroatoms. The third-order valence-electron chi connectivity index (χ3n) is 0.133. The molecule has 0 aromatic heterocycles. The van der Waals surface area contributed by atoms with Gasteiger partial charge in [-0.15, -0.1) is 0 Å². The van der Waals surface area contributed by atoms with Gasteiger partial charge in [0.2, 0.25) is 0 Å². The lowest BCUT2D eigenvalue weighted by Crippen LogP contribution is -1.62. The second-order valence-corrected chi connectivity index (χ2v) is 12.8. The van der Waals surface area contributed by atoms with Gasteiger partial charge in [0.1, 0.15) is 0 Å². The highest BCUT2D eigenvalue weighted by atomic mass is 33.7. The molecule has 38 valence electrons. The quantitative estimate of drug-likeness (QED) is 0.424. The van der Waals surface area contributed by atoms with Crippen LogP contribution in [0.4, 0.5) is 0 Å². The van der Waals surface area contributed by atoms with Crippen LogP contribution in [0, 0.1) is 0 Å². The highest BCUT2D eigenvalue weighted by Gasteiger charge is 1.58. The van der Waals surface area contributed by atoms with Gasteiger partial charge < -0.3 is 0 Å². The van der Waals surface area contributed by atoms with Crippen molar-refractivity contribution in [3.63, 3.8) is 0 Å². The monoisotopic (exact) mass is 194 g/mol. The molecule has 0 heterocycles. The van der Waals surface area contributed by atoms with Crippen molar-refractivity contribution in [2.24, 2.45) is 0 Å². The SMILES string of the molecule is S=[SH](=S)[SH](=S)=S. The smallest absolute Gasteiger partial charge is 0.0391 e. The Kier molecular flexibility index (Phi) is 4.50. The van der Waals surface area contributed by atoms with E-state index in [9.17, 15) is 0 Å². The summed E-state index contributed by atoms with van der Waals surface area (Å²) in [4.78, 5) is 0. The van der Waals surface area contributed by atoms with Crippen molar-refractivity contribution in [1.82, 2.24) is 0 Å². The van der Waals surface area contributed by atoms with E-state index in [1.807, 2.05) is 0 Å².